The molecule has 0 saturated carbocycles. The molecule has 86 valence electrons. The molecule has 0 aromatic heterocycles. The number of carbonyl (C=O) groups excluding carboxylic acids is 1. The van der Waals surface area contributed by atoms with Gasteiger partial charge in [0.1, 0.15) is 0 Å². The lowest BCUT2D eigenvalue weighted by molar-refractivity contribution is -0.117. The van der Waals surface area contributed by atoms with Crippen molar-refractivity contribution in [3.8, 4) is 0 Å². The van der Waals surface area contributed by atoms with E-state index in [1.807, 2.05) is 0 Å². The molecule has 16 heavy (non-hydrogen) atoms. The molecular formula is C13H18N2O. The second-order valence-electron chi connectivity index (χ2n) is 4.44. The number of anilines is 1. The summed E-state index contributed by atoms with van der Waals surface area (Å²) in [5.41, 5.74) is 9.16. The first-order valence-corrected chi connectivity index (χ1v) is 5.79. The third-order valence-corrected chi connectivity index (χ3v) is 3.08. The van der Waals surface area contributed by atoms with Crippen LogP contribution in [-0.4, -0.2) is 19.0 Å². The van der Waals surface area contributed by atoms with Gasteiger partial charge in [-0.3, -0.25) is 4.79 Å². The largest absolute Gasteiger partial charge is 0.371 e. The summed E-state index contributed by atoms with van der Waals surface area (Å²) in [7, 11) is 0. The van der Waals surface area contributed by atoms with Gasteiger partial charge >= 0.3 is 0 Å². The smallest absolute Gasteiger partial charge is 0.219 e. The topological polar surface area (TPSA) is 46.3 Å². The van der Waals surface area contributed by atoms with Gasteiger partial charge in [-0.1, -0.05) is 17.7 Å². The molecule has 1 heterocycles. The summed E-state index contributed by atoms with van der Waals surface area (Å²) in [4.78, 5) is 13.1. The van der Waals surface area contributed by atoms with Crippen molar-refractivity contribution in [3.63, 3.8) is 0 Å². The highest BCUT2D eigenvalue weighted by atomic mass is 16.1. The Morgan fingerprint density at radius 3 is 3.06 bits per heavy atom. The molecule has 3 heteroatoms. The van der Waals surface area contributed by atoms with E-state index < -0.39 is 0 Å². The van der Waals surface area contributed by atoms with E-state index in [9.17, 15) is 4.79 Å². The molecule has 0 spiro atoms. The maximum atomic E-state index is 10.8. The van der Waals surface area contributed by atoms with Crippen LogP contribution in [0.3, 0.4) is 0 Å². The Labute approximate surface area is 96.2 Å². The van der Waals surface area contributed by atoms with E-state index in [1.165, 1.54) is 16.8 Å². The molecule has 0 aliphatic carbocycles. The summed E-state index contributed by atoms with van der Waals surface area (Å²) in [6, 6.07) is 6.53. The zero-order valence-electron chi connectivity index (χ0n) is 9.70. The van der Waals surface area contributed by atoms with E-state index in [-0.39, 0.29) is 5.91 Å². The predicted molar refractivity (Wildman–Crippen MR) is 65.5 cm³/mol. The van der Waals surface area contributed by atoms with E-state index in [0.717, 1.165) is 25.9 Å². The van der Waals surface area contributed by atoms with E-state index in [4.69, 9.17) is 5.73 Å². The number of hydrogen-bond donors (Lipinski definition) is 1. The zero-order chi connectivity index (χ0) is 11.5. The van der Waals surface area contributed by atoms with Gasteiger partial charge in [0, 0.05) is 25.2 Å². The average molecular weight is 218 g/mol. The SMILES string of the molecule is Cc1ccc2c(c1)CCCN2CCC(N)=O. The monoisotopic (exact) mass is 218 g/mol. The molecular weight excluding hydrogens is 200 g/mol. The minimum Gasteiger partial charge on any atom is -0.371 e. The van der Waals surface area contributed by atoms with Crippen LogP contribution in [-0.2, 0) is 11.2 Å². The van der Waals surface area contributed by atoms with E-state index >= 15 is 0 Å². The molecule has 0 unspecified atom stereocenters. The molecule has 0 radical (unpaired) electrons. The Balaban J connectivity index is 2.16. The van der Waals surface area contributed by atoms with Crippen LogP contribution in [0, 0.1) is 6.92 Å². The standard InChI is InChI=1S/C13H18N2O/c1-10-4-5-12-11(9-10)3-2-7-15(12)8-6-13(14)16/h4-5,9H,2-3,6-8H2,1H3,(H2,14,16). The van der Waals surface area contributed by atoms with Crippen molar-refractivity contribution >= 4 is 11.6 Å². The van der Waals surface area contributed by atoms with Gasteiger partial charge in [-0.15, -0.1) is 0 Å². The number of benzene rings is 1. The molecule has 0 atom stereocenters. The molecule has 2 N–H and O–H groups in total. The minimum atomic E-state index is -0.223. The van der Waals surface area contributed by atoms with Crippen molar-refractivity contribution in [2.75, 3.05) is 18.0 Å². The van der Waals surface area contributed by atoms with E-state index in [1.54, 1.807) is 0 Å². The second-order valence-corrected chi connectivity index (χ2v) is 4.44. The summed E-state index contributed by atoms with van der Waals surface area (Å²) in [6.07, 6.45) is 2.74. The molecule has 0 saturated heterocycles. The van der Waals surface area contributed by atoms with Crippen LogP contribution in [0.4, 0.5) is 5.69 Å². The number of carbonyl (C=O) groups is 1. The number of nitrogens with two attached hydrogens (primary N) is 1. The number of fused-ring (bicyclic) bond motifs is 1. The molecule has 1 amide bonds. The zero-order valence-corrected chi connectivity index (χ0v) is 9.70. The highest BCUT2D eigenvalue weighted by Gasteiger charge is 2.16. The maximum absolute atomic E-state index is 10.8. The summed E-state index contributed by atoms with van der Waals surface area (Å²) in [5, 5.41) is 0. The average Bonchev–Trinajstić information content (AvgIpc) is 2.25. The van der Waals surface area contributed by atoms with Crippen molar-refractivity contribution in [2.24, 2.45) is 5.73 Å². The third kappa shape index (κ3) is 2.35. The molecule has 0 fully saturated rings. The minimum absolute atomic E-state index is 0.223. The van der Waals surface area contributed by atoms with Crippen molar-refractivity contribution < 1.29 is 4.79 Å². The number of aryl methyl sites for hydroxylation is 2. The molecule has 2 rings (SSSR count). The molecule has 0 bridgehead atoms. The van der Waals surface area contributed by atoms with Crippen LogP contribution in [0.25, 0.3) is 0 Å². The first-order valence-electron chi connectivity index (χ1n) is 5.79. The summed E-state index contributed by atoms with van der Waals surface area (Å²) in [5.74, 6) is -0.223. The van der Waals surface area contributed by atoms with Gasteiger partial charge in [0.05, 0.1) is 0 Å². The van der Waals surface area contributed by atoms with Crippen LogP contribution in [0.1, 0.15) is 24.0 Å². The summed E-state index contributed by atoms with van der Waals surface area (Å²) < 4.78 is 0. The van der Waals surface area contributed by atoms with Crippen LogP contribution in [0.2, 0.25) is 0 Å². The molecule has 1 aliphatic heterocycles. The maximum Gasteiger partial charge on any atom is 0.219 e. The van der Waals surface area contributed by atoms with Gasteiger partial charge in [0.25, 0.3) is 0 Å². The van der Waals surface area contributed by atoms with Gasteiger partial charge in [0.15, 0.2) is 0 Å². The summed E-state index contributed by atoms with van der Waals surface area (Å²) >= 11 is 0. The molecule has 3 nitrogen and oxygen atoms in total. The highest BCUT2D eigenvalue weighted by Crippen LogP contribution is 2.27. The van der Waals surface area contributed by atoms with Crippen molar-refractivity contribution in [2.45, 2.75) is 26.2 Å². The van der Waals surface area contributed by atoms with E-state index in [0.29, 0.717) is 6.42 Å². The third-order valence-electron chi connectivity index (χ3n) is 3.08. The van der Waals surface area contributed by atoms with Crippen LogP contribution in [0.5, 0.6) is 0 Å². The van der Waals surface area contributed by atoms with Crippen molar-refractivity contribution in [3.05, 3.63) is 29.3 Å². The first kappa shape index (κ1) is 11.0. The predicted octanol–water partition coefficient (Wildman–Crippen LogP) is 1.62. The Morgan fingerprint density at radius 2 is 2.31 bits per heavy atom. The number of rotatable bonds is 3. The number of amides is 1. The fourth-order valence-electron chi connectivity index (χ4n) is 2.28. The Kier molecular flexibility index (Phi) is 3.13. The Bertz CT molecular complexity index is 401. The number of hydrogen-bond acceptors (Lipinski definition) is 2. The van der Waals surface area contributed by atoms with Gasteiger partial charge in [-0.05, 0) is 31.4 Å². The molecule has 1 aliphatic rings. The lowest BCUT2D eigenvalue weighted by Crippen LogP contribution is -2.32. The van der Waals surface area contributed by atoms with Gasteiger partial charge in [0.2, 0.25) is 5.91 Å². The quantitative estimate of drug-likeness (QED) is 0.838. The fourth-order valence-corrected chi connectivity index (χ4v) is 2.28. The second kappa shape index (κ2) is 4.56. The number of nitrogens with zero attached hydrogens (tertiary/aromatic N) is 1. The molecule has 1 aromatic carbocycles. The van der Waals surface area contributed by atoms with E-state index in [2.05, 4.69) is 30.0 Å². The van der Waals surface area contributed by atoms with Gasteiger partial charge in [-0.25, -0.2) is 0 Å². The van der Waals surface area contributed by atoms with Crippen LogP contribution < -0.4 is 10.6 Å². The Morgan fingerprint density at radius 1 is 1.50 bits per heavy atom. The normalized spacial score (nSPS) is 14.7. The molecule has 1 aromatic rings. The fraction of sp³-hybridized carbons (Fsp3) is 0.462. The van der Waals surface area contributed by atoms with Crippen LogP contribution >= 0.6 is 0 Å². The van der Waals surface area contributed by atoms with Crippen molar-refractivity contribution in [1.82, 2.24) is 0 Å². The van der Waals surface area contributed by atoms with Gasteiger partial charge < -0.3 is 10.6 Å². The summed E-state index contributed by atoms with van der Waals surface area (Å²) in [6.45, 7) is 3.89. The van der Waals surface area contributed by atoms with Gasteiger partial charge in [-0.2, -0.15) is 0 Å². The highest BCUT2D eigenvalue weighted by molar-refractivity contribution is 5.74. The van der Waals surface area contributed by atoms with Crippen LogP contribution in [0.15, 0.2) is 18.2 Å². The lowest BCUT2D eigenvalue weighted by Gasteiger charge is -2.31. The Hall–Kier alpha value is -1.51. The van der Waals surface area contributed by atoms with Crippen molar-refractivity contribution in [1.29, 1.82) is 0 Å². The first-order chi connectivity index (χ1) is 7.66. The number of primary amides is 1. The lowest BCUT2D eigenvalue weighted by atomic mass is 9.99.